The zero-order valence-corrected chi connectivity index (χ0v) is 21.1. The van der Waals surface area contributed by atoms with E-state index in [0.29, 0.717) is 23.5 Å². The van der Waals surface area contributed by atoms with Crippen molar-refractivity contribution < 1.29 is 19.7 Å². The lowest BCUT2D eigenvalue weighted by atomic mass is 10.1. The zero-order valence-electron chi connectivity index (χ0n) is 21.1. The predicted molar refractivity (Wildman–Crippen MR) is 142 cm³/mol. The minimum absolute atomic E-state index is 0.000420. The van der Waals surface area contributed by atoms with Crippen LogP contribution in [-0.2, 0) is 0 Å². The van der Waals surface area contributed by atoms with Crippen molar-refractivity contribution in [2.75, 3.05) is 38.8 Å². The standard InChI is InChI=1S/C27H34N6O4/c1-16-7-17(3-6-25(16)37-26-8-18(11-29-14-28-2)32-24-10-21(24)26)33-27-22-9-20(36-13-19(35)12-34)4-5-23(22)30-15-31-27/h3-9,15,18-19,21,24,28-29,32,34-35H,10-14H2,1-2H3,(H,30,31,33). The van der Waals surface area contributed by atoms with Crippen LogP contribution < -0.4 is 30.7 Å². The van der Waals surface area contributed by atoms with E-state index in [2.05, 4.69) is 37.3 Å². The third kappa shape index (κ3) is 6.17. The van der Waals surface area contributed by atoms with Gasteiger partial charge >= 0.3 is 0 Å². The van der Waals surface area contributed by atoms with Crippen LogP contribution in [0.4, 0.5) is 11.5 Å². The van der Waals surface area contributed by atoms with Crippen molar-refractivity contribution in [3.8, 4) is 11.5 Å². The Balaban J connectivity index is 1.29. The van der Waals surface area contributed by atoms with E-state index in [9.17, 15) is 5.11 Å². The molecular weight excluding hydrogens is 472 g/mol. The van der Waals surface area contributed by atoms with E-state index >= 15 is 0 Å². The minimum atomic E-state index is -0.934. The van der Waals surface area contributed by atoms with Gasteiger partial charge in [0, 0.05) is 42.3 Å². The third-order valence-electron chi connectivity index (χ3n) is 6.54. The molecule has 3 aromatic rings. The molecule has 1 aliphatic carbocycles. The lowest BCUT2D eigenvalue weighted by Gasteiger charge is -2.23. The van der Waals surface area contributed by atoms with Crippen LogP contribution in [0.5, 0.6) is 11.5 Å². The van der Waals surface area contributed by atoms with Gasteiger partial charge in [-0.1, -0.05) is 0 Å². The van der Waals surface area contributed by atoms with Gasteiger partial charge in [-0.15, -0.1) is 0 Å². The van der Waals surface area contributed by atoms with Crippen LogP contribution in [0, 0.1) is 12.8 Å². The summed E-state index contributed by atoms with van der Waals surface area (Å²) in [5.74, 6) is 3.54. The summed E-state index contributed by atoms with van der Waals surface area (Å²) in [6.45, 7) is 3.30. The first-order valence-corrected chi connectivity index (χ1v) is 12.6. The van der Waals surface area contributed by atoms with Crippen LogP contribution in [-0.4, -0.2) is 71.8 Å². The molecule has 1 fully saturated rings. The average molecular weight is 507 g/mol. The summed E-state index contributed by atoms with van der Waals surface area (Å²) in [7, 11) is 1.93. The molecule has 1 aromatic heterocycles. The molecule has 6 N–H and O–H groups in total. The second kappa shape index (κ2) is 11.4. The van der Waals surface area contributed by atoms with Crippen LogP contribution in [0.3, 0.4) is 0 Å². The molecular formula is C27H34N6O4. The van der Waals surface area contributed by atoms with E-state index in [1.165, 1.54) is 6.33 Å². The van der Waals surface area contributed by atoms with E-state index in [0.717, 1.165) is 53.3 Å². The molecule has 2 aliphatic rings. The van der Waals surface area contributed by atoms with E-state index < -0.39 is 6.10 Å². The fourth-order valence-electron chi connectivity index (χ4n) is 4.49. The fraction of sp³-hybridized carbons (Fsp3) is 0.407. The molecule has 2 heterocycles. The second-order valence-electron chi connectivity index (χ2n) is 9.53. The number of nitrogens with one attached hydrogen (secondary N) is 4. The molecule has 0 spiro atoms. The number of ether oxygens (including phenoxy) is 2. The summed E-state index contributed by atoms with van der Waals surface area (Å²) in [6, 6.07) is 12.2. The first-order chi connectivity index (χ1) is 18.0. The highest BCUT2D eigenvalue weighted by Crippen LogP contribution is 2.42. The van der Waals surface area contributed by atoms with Gasteiger partial charge in [-0.3, -0.25) is 0 Å². The Hall–Kier alpha value is -3.28. The molecule has 0 saturated heterocycles. The SMILES string of the molecule is CNCNCC1C=C(Oc2ccc(Nc3ncnc4ccc(OCC(O)CO)cc34)cc2C)C2CC2N1. The topological polar surface area (TPSA) is 133 Å². The Morgan fingerprint density at radius 1 is 1.19 bits per heavy atom. The summed E-state index contributed by atoms with van der Waals surface area (Å²) in [4.78, 5) is 8.77. The van der Waals surface area contributed by atoms with Crippen molar-refractivity contribution in [1.82, 2.24) is 25.9 Å². The van der Waals surface area contributed by atoms with E-state index in [4.69, 9.17) is 14.6 Å². The molecule has 0 amide bonds. The van der Waals surface area contributed by atoms with Crippen LogP contribution in [0.2, 0.25) is 0 Å². The Morgan fingerprint density at radius 3 is 2.89 bits per heavy atom. The normalized spacial score (nSPS) is 21.2. The van der Waals surface area contributed by atoms with Crippen LogP contribution >= 0.6 is 0 Å². The number of aliphatic hydroxyl groups is 2. The smallest absolute Gasteiger partial charge is 0.141 e. The predicted octanol–water partition coefficient (Wildman–Crippen LogP) is 1.80. The molecule has 4 atom stereocenters. The van der Waals surface area contributed by atoms with Gasteiger partial charge in [0.15, 0.2) is 0 Å². The minimum Gasteiger partial charge on any atom is -0.491 e. The molecule has 1 aliphatic heterocycles. The maximum absolute atomic E-state index is 9.57. The van der Waals surface area contributed by atoms with Gasteiger partial charge in [-0.2, -0.15) is 0 Å². The van der Waals surface area contributed by atoms with Gasteiger partial charge in [-0.05, 0) is 68.4 Å². The molecule has 5 rings (SSSR count). The number of nitrogens with zero attached hydrogens (tertiary/aromatic N) is 2. The molecule has 0 bridgehead atoms. The molecule has 37 heavy (non-hydrogen) atoms. The lowest BCUT2D eigenvalue weighted by molar-refractivity contribution is 0.0536. The number of fused-ring (bicyclic) bond motifs is 2. The van der Waals surface area contributed by atoms with Gasteiger partial charge in [0.25, 0.3) is 0 Å². The Bertz CT molecular complexity index is 1270. The van der Waals surface area contributed by atoms with Gasteiger partial charge in [0.05, 0.1) is 12.1 Å². The monoisotopic (exact) mass is 506 g/mol. The highest BCUT2D eigenvalue weighted by Gasteiger charge is 2.45. The van der Waals surface area contributed by atoms with Crippen molar-refractivity contribution in [3.05, 3.63) is 60.1 Å². The number of benzene rings is 2. The second-order valence-corrected chi connectivity index (χ2v) is 9.53. The average Bonchev–Trinajstić information content (AvgIpc) is 3.69. The van der Waals surface area contributed by atoms with Gasteiger partial charge in [-0.25, -0.2) is 9.97 Å². The Kier molecular flexibility index (Phi) is 7.82. The molecule has 2 aromatic carbocycles. The number of anilines is 2. The lowest BCUT2D eigenvalue weighted by Crippen LogP contribution is -2.43. The van der Waals surface area contributed by atoms with Crippen molar-refractivity contribution in [2.24, 2.45) is 5.92 Å². The molecule has 196 valence electrons. The Morgan fingerprint density at radius 2 is 2.08 bits per heavy atom. The van der Waals surface area contributed by atoms with Gasteiger partial charge in [0.1, 0.15) is 42.1 Å². The van der Waals surface area contributed by atoms with Crippen molar-refractivity contribution in [3.63, 3.8) is 0 Å². The quantitative estimate of drug-likeness (QED) is 0.160. The van der Waals surface area contributed by atoms with Gasteiger partial charge < -0.3 is 41.0 Å². The number of hydrogen-bond acceptors (Lipinski definition) is 10. The number of aromatic nitrogens is 2. The number of aryl methyl sites for hydroxylation is 1. The summed E-state index contributed by atoms with van der Waals surface area (Å²) < 4.78 is 12.0. The summed E-state index contributed by atoms with van der Waals surface area (Å²) in [5.41, 5.74) is 2.66. The summed E-state index contributed by atoms with van der Waals surface area (Å²) in [5, 5.41) is 32.9. The van der Waals surface area contributed by atoms with Crippen molar-refractivity contribution in [1.29, 1.82) is 0 Å². The number of aliphatic hydroxyl groups excluding tert-OH is 2. The third-order valence-corrected chi connectivity index (χ3v) is 6.54. The van der Waals surface area contributed by atoms with E-state index in [1.807, 2.05) is 44.3 Å². The highest BCUT2D eigenvalue weighted by molar-refractivity contribution is 5.91. The first-order valence-electron chi connectivity index (χ1n) is 12.6. The van der Waals surface area contributed by atoms with E-state index in [1.54, 1.807) is 6.07 Å². The van der Waals surface area contributed by atoms with Crippen LogP contribution in [0.15, 0.2) is 54.6 Å². The molecule has 0 radical (unpaired) electrons. The van der Waals surface area contributed by atoms with Crippen molar-refractivity contribution in [2.45, 2.75) is 31.5 Å². The molecule has 4 unspecified atom stereocenters. The maximum Gasteiger partial charge on any atom is 0.141 e. The number of rotatable bonds is 12. The molecule has 10 nitrogen and oxygen atoms in total. The maximum atomic E-state index is 9.57. The highest BCUT2D eigenvalue weighted by atomic mass is 16.5. The first kappa shape index (κ1) is 25.4. The number of hydrogen-bond donors (Lipinski definition) is 6. The molecule has 1 saturated carbocycles. The zero-order chi connectivity index (χ0) is 25.8. The van der Waals surface area contributed by atoms with Gasteiger partial charge in [0.2, 0.25) is 0 Å². The van der Waals surface area contributed by atoms with Crippen LogP contribution in [0.1, 0.15) is 12.0 Å². The van der Waals surface area contributed by atoms with Crippen LogP contribution in [0.25, 0.3) is 10.9 Å². The molecule has 10 heteroatoms. The van der Waals surface area contributed by atoms with Crippen molar-refractivity contribution >= 4 is 22.4 Å². The summed E-state index contributed by atoms with van der Waals surface area (Å²) in [6.07, 6.45) is 3.90. The van der Waals surface area contributed by atoms with E-state index in [-0.39, 0.29) is 19.3 Å². The largest absolute Gasteiger partial charge is 0.491 e. The fourth-order valence-corrected chi connectivity index (χ4v) is 4.49. The summed E-state index contributed by atoms with van der Waals surface area (Å²) >= 11 is 0. The Labute approximate surface area is 216 Å².